The number of carbonyl (C=O) groups excluding carboxylic acids is 3. The third kappa shape index (κ3) is 6.49. The summed E-state index contributed by atoms with van der Waals surface area (Å²) in [5.74, 6) is -0.486. The number of halogens is 1. The van der Waals surface area contributed by atoms with Crippen LogP contribution in [0.2, 0.25) is 5.02 Å². The number of hydrogen-bond acceptors (Lipinski definition) is 6. The van der Waals surface area contributed by atoms with Gasteiger partial charge in [-0.25, -0.2) is 4.79 Å². The minimum atomic E-state index is -0.738. The number of carbonyl (C=O) groups is 3. The van der Waals surface area contributed by atoms with E-state index in [-0.39, 0.29) is 22.3 Å². The lowest BCUT2D eigenvalue weighted by atomic mass is 10.1. The SMILES string of the molecule is COc1cc(C(=O)OCC(=O)Nc2cccc(C(C)=O)c2)cc(Cl)c1OCC(C)C. The maximum absolute atomic E-state index is 12.3. The van der Waals surface area contributed by atoms with Gasteiger partial charge in [0.25, 0.3) is 5.91 Å². The molecule has 0 fully saturated rings. The van der Waals surface area contributed by atoms with E-state index in [1.807, 2.05) is 13.8 Å². The summed E-state index contributed by atoms with van der Waals surface area (Å²) in [6.45, 7) is 5.35. The van der Waals surface area contributed by atoms with Crippen molar-refractivity contribution >= 4 is 34.9 Å². The Bertz CT molecular complexity index is 941. The maximum atomic E-state index is 12.3. The van der Waals surface area contributed by atoms with Crippen molar-refractivity contribution in [1.82, 2.24) is 0 Å². The molecular weight excluding hydrogens is 410 g/mol. The lowest BCUT2D eigenvalue weighted by molar-refractivity contribution is -0.119. The number of anilines is 1. The number of ether oxygens (including phenoxy) is 3. The first kappa shape index (κ1) is 23.2. The Kier molecular flexibility index (Phi) is 8.24. The van der Waals surface area contributed by atoms with Gasteiger partial charge >= 0.3 is 5.97 Å². The van der Waals surface area contributed by atoms with E-state index in [0.717, 1.165) is 0 Å². The van der Waals surface area contributed by atoms with Crippen molar-refractivity contribution in [3.05, 3.63) is 52.5 Å². The molecular formula is C22H24ClNO6. The predicted octanol–water partition coefficient (Wildman–Crippen LogP) is 4.38. The van der Waals surface area contributed by atoms with Crippen LogP contribution in [-0.2, 0) is 9.53 Å². The van der Waals surface area contributed by atoms with E-state index in [4.69, 9.17) is 25.8 Å². The van der Waals surface area contributed by atoms with Crippen LogP contribution < -0.4 is 14.8 Å². The largest absolute Gasteiger partial charge is 0.493 e. The Hall–Kier alpha value is -3.06. The summed E-state index contributed by atoms with van der Waals surface area (Å²) in [5, 5.41) is 2.78. The molecule has 8 heteroatoms. The van der Waals surface area contributed by atoms with Crippen LogP contribution in [0.4, 0.5) is 5.69 Å². The van der Waals surface area contributed by atoms with Crippen molar-refractivity contribution in [3.8, 4) is 11.5 Å². The highest BCUT2D eigenvalue weighted by Crippen LogP contribution is 2.36. The first-order valence-corrected chi connectivity index (χ1v) is 9.67. The zero-order chi connectivity index (χ0) is 22.3. The van der Waals surface area contributed by atoms with Crippen LogP contribution in [0.25, 0.3) is 0 Å². The van der Waals surface area contributed by atoms with Gasteiger partial charge in [-0.15, -0.1) is 0 Å². The normalized spacial score (nSPS) is 10.5. The van der Waals surface area contributed by atoms with Gasteiger partial charge in [0.05, 0.1) is 24.3 Å². The quantitative estimate of drug-likeness (QED) is 0.466. The third-order valence-corrected chi connectivity index (χ3v) is 4.19. The van der Waals surface area contributed by atoms with Gasteiger partial charge in [-0.05, 0) is 37.1 Å². The smallest absolute Gasteiger partial charge is 0.338 e. The molecule has 0 bridgehead atoms. The van der Waals surface area contributed by atoms with E-state index >= 15 is 0 Å². The number of Topliss-reactive ketones (excluding diaryl/α,β-unsaturated/α-hetero) is 1. The van der Waals surface area contributed by atoms with Gasteiger partial charge in [0, 0.05) is 11.3 Å². The van der Waals surface area contributed by atoms with Gasteiger partial charge in [-0.1, -0.05) is 37.6 Å². The van der Waals surface area contributed by atoms with Crippen molar-refractivity contribution in [3.63, 3.8) is 0 Å². The average Bonchev–Trinajstić information content (AvgIpc) is 2.70. The molecule has 1 amide bonds. The minimum Gasteiger partial charge on any atom is -0.493 e. The highest BCUT2D eigenvalue weighted by molar-refractivity contribution is 6.32. The molecule has 2 aromatic rings. The van der Waals surface area contributed by atoms with Gasteiger partial charge in [-0.3, -0.25) is 9.59 Å². The monoisotopic (exact) mass is 433 g/mol. The number of rotatable bonds is 9. The van der Waals surface area contributed by atoms with Gasteiger partial charge in [0.15, 0.2) is 23.9 Å². The molecule has 0 atom stereocenters. The van der Waals surface area contributed by atoms with E-state index in [2.05, 4.69) is 5.32 Å². The third-order valence-electron chi connectivity index (χ3n) is 3.91. The standard InChI is InChI=1S/C22H24ClNO6/c1-13(2)11-29-21-18(23)9-16(10-19(21)28-4)22(27)30-12-20(26)24-17-7-5-6-15(8-17)14(3)25/h5-10,13H,11-12H2,1-4H3,(H,24,26). The number of benzene rings is 2. The van der Waals surface area contributed by atoms with E-state index < -0.39 is 18.5 Å². The lowest BCUT2D eigenvalue weighted by Gasteiger charge is -2.15. The van der Waals surface area contributed by atoms with Crippen LogP contribution in [0.5, 0.6) is 11.5 Å². The second kappa shape index (κ2) is 10.6. The molecule has 0 aliphatic carbocycles. The Morgan fingerprint density at radius 3 is 2.47 bits per heavy atom. The molecule has 160 valence electrons. The Morgan fingerprint density at radius 1 is 1.10 bits per heavy atom. The summed E-state index contributed by atoms with van der Waals surface area (Å²) < 4.78 is 16.0. The van der Waals surface area contributed by atoms with Crippen LogP contribution in [0.1, 0.15) is 41.5 Å². The number of methoxy groups -OCH3 is 1. The van der Waals surface area contributed by atoms with Gasteiger partial charge < -0.3 is 19.5 Å². The van der Waals surface area contributed by atoms with Crippen molar-refractivity contribution in [2.45, 2.75) is 20.8 Å². The fourth-order valence-electron chi connectivity index (χ4n) is 2.46. The van der Waals surface area contributed by atoms with E-state index in [0.29, 0.717) is 29.4 Å². The number of nitrogens with one attached hydrogen (secondary N) is 1. The van der Waals surface area contributed by atoms with E-state index in [9.17, 15) is 14.4 Å². The molecule has 2 aromatic carbocycles. The summed E-state index contributed by atoms with van der Waals surface area (Å²) in [6, 6.07) is 9.31. The van der Waals surface area contributed by atoms with Gasteiger partial charge in [0.1, 0.15) is 0 Å². The zero-order valence-corrected chi connectivity index (χ0v) is 18.0. The topological polar surface area (TPSA) is 90.9 Å². The van der Waals surface area contributed by atoms with Crippen LogP contribution in [0, 0.1) is 5.92 Å². The summed E-state index contributed by atoms with van der Waals surface area (Å²) in [4.78, 5) is 35.8. The number of amides is 1. The molecule has 0 saturated carbocycles. The van der Waals surface area contributed by atoms with Gasteiger partial charge in [0.2, 0.25) is 0 Å². The van der Waals surface area contributed by atoms with Crippen molar-refractivity contribution in [2.24, 2.45) is 5.92 Å². The molecule has 0 spiro atoms. The van der Waals surface area contributed by atoms with E-state index in [1.54, 1.807) is 24.3 Å². The van der Waals surface area contributed by atoms with Crippen molar-refractivity contribution in [1.29, 1.82) is 0 Å². The van der Waals surface area contributed by atoms with Crippen molar-refractivity contribution < 1.29 is 28.6 Å². The lowest BCUT2D eigenvalue weighted by Crippen LogP contribution is -2.21. The van der Waals surface area contributed by atoms with Gasteiger partial charge in [-0.2, -0.15) is 0 Å². The van der Waals surface area contributed by atoms with Crippen LogP contribution in [0.3, 0.4) is 0 Å². The highest BCUT2D eigenvalue weighted by Gasteiger charge is 2.18. The molecule has 0 radical (unpaired) electrons. The molecule has 30 heavy (non-hydrogen) atoms. The average molecular weight is 434 g/mol. The second-order valence-corrected chi connectivity index (χ2v) is 7.36. The van der Waals surface area contributed by atoms with E-state index in [1.165, 1.54) is 26.2 Å². The fraction of sp³-hybridized carbons (Fsp3) is 0.318. The molecule has 1 N–H and O–H groups in total. The molecule has 0 aliphatic heterocycles. The molecule has 0 unspecified atom stereocenters. The van der Waals surface area contributed by atoms with Crippen LogP contribution in [-0.4, -0.2) is 38.0 Å². The van der Waals surface area contributed by atoms with Crippen molar-refractivity contribution in [2.75, 3.05) is 25.6 Å². The second-order valence-electron chi connectivity index (χ2n) is 6.96. The maximum Gasteiger partial charge on any atom is 0.338 e. The summed E-state index contributed by atoms with van der Waals surface area (Å²) in [7, 11) is 1.44. The number of hydrogen-bond donors (Lipinski definition) is 1. The number of ketones is 1. The molecule has 0 aliphatic rings. The zero-order valence-electron chi connectivity index (χ0n) is 17.3. The first-order chi connectivity index (χ1) is 14.2. The Balaban J connectivity index is 2.02. The fourth-order valence-corrected chi connectivity index (χ4v) is 2.72. The summed E-state index contributed by atoms with van der Waals surface area (Å²) >= 11 is 6.23. The predicted molar refractivity (Wildman–Crippen MR) is 114 cm³/mol. The molecule has 0 saturated heterocycles. The van der Waals surface area contributed by atoms with Crippen LogP contribution in [0.15, 0.2) is 36.4 Å². The summed E-state index contributed by atoms with van der Waals surface area (Å²) in [5.41, 5.74) is 1.02. The molecule has 0 heterocycles. The molecule has 2 rings (SSSR count). The molecule has 0 aromatic heterocycles. The summed E-state index contributed by atoms with van der Waals surface area (Å²) in [6.07, 6.45) is 0. The first-order valence-electron chi connectivity index (χ1n) is 9.29. The van der Waals surface area contributed by atoms with Crippen LogP contribution >= 0.6 is 11.6 Å². The highest BCUT2D eigenvalue weighted by atomic mass is 35.5. The Labute approximate surface area is 180 Å². The number of esters is 1. The molecule has 7 nitrogen and oxygen atoms in total. The minimum absolute atomic E-state index is 0.121. The Morgan fingerprint density at radius 2 is 1.83 bits per heavy atom.